The minimum Gasteiger partial charge on any atom is -0.309 e. The fraction of sp³-hybridized carbons (Fsp3) is 0.0286. The number of aromatic nitrogens is 1. The average molecular weight is 460 g/mol. The van der Waals surface area contributed by atoms with Crippen LogP contribution in [0.2, 0.25) is 0 Å². The molecular weight excluding hydrogens is 434 g/mol. The van der Waals surface area contributed by atoms with Crippen LogP contribution in [0, 0.1) is 6.92 Å². The maximum atomic E-state index is 2.39. The van der Waals surface area contributed by atoms with Crippen LogP contribution in [0.25, 0.3) is 60.5 Å². The van der Waals surface area contributed by atoms with E-state index >= 15 is 0 Å². The van der Waals surface area contributed by atoms with Crippen molar-refractivity contribution >= 4 is 32.6 Å². The van der Waals surface area contributed by atoms with Gasteiger partial charge in [0.15, 0.2) is 0 Å². The van der Waals surface area contributed by atoms with E-state index in [9.17, 15) is 0 Å². The van der Waals surface area contributed by atoms with Crippen molar-refractivity contribution in [2.24, 2.45) is 0 Å². The van der Waals surface area contributed by atoms with Crippen molar-refractivity contribution in [1.82, 2.24) is 4.57 Å². The van der Waals surface area contributed by atoms with Gasteiger partial charge in [0.05, 0.1) is 11.0 Å². The average Bonchev–Trinajstić information content (AvgIpc) is 3.27. The zero-order valence-electron chi connectivity index (χ0n) is 20.1. The lowest BCUT2D eigenvalue weighted by Gasteiger charge is -2.10. The van der Waals surface area contributed by atoms with Gasteiger partial charge in [-0.05, 0) is 70.3 Å². The lowest BCUT2D eigenvalue weighted by atomic mass is 9.98. The molecule has 1 heterocycles. The van der Waals surface area contributed by atoms with Gasteiger partial charge < -0.3 is 4.57 Å². The first kappa shape index (κ1) is 20.7. The maximum Gasteiger partial charge on any atom is 0.0541 e. The molecule has 1 nitrogen and oxygen atoms in total. The Balaban J connectivity index is 1.36. The van der Waals surface area contributed by atoms with E-state index in [4.69, 9.17) is 0 Å². The topological polar surface area (TPSA) is 4.93 Å². The Morgan fingerprint density at radius 2 is 1.00 bits per heavy atom. The van der Waals surface area contributed by atoms with Crippen LogP contribution in [-0.2, 0) is 0 Å². The number of aryl methyl sites for hydroxylation is 1. The van der Waals surface area contributed by atoms with Crippen molar-refractivity contribution in [2.75, 3.05) is 0 Å². The molecule has 6 aromatic carbocycles. The number of fused-ring (bicyclic) bond motifs is 4. The third-order valence-electron chi connectivity index (χ3n) is 7.27. The smallest absolute Gasteiger partial charge is 0.0541 e. The minimum atomic E-state index is 1.19. The molecule has 36 heavy (non-hydrogen) atoms. The Labute approximate surface area is 210 Å². The summed E-state index contributed by atoms with van der Waals surface area (Å²) < 4.78 is 2.39. The number of hydrogen-bond donors (Lipinski definition) is 0. The summed E-state index contributed by atoms with van der Waals surface area (Å²) in [6, 6.07) is 48.5. The van der Waals surface area contributed by atoms with Gasteiger partial charge in [-0.25, -0.2) is 0 Å². The quantitative estimate of drug-likeness (QED) is 0.248. The zero-order chi connectivity index (χ0) is 24.1. The summed E-state index contributed by atoms with van der Waals surface area (Å²) in [4.78, 5) is 0. The van der Waals surface area contributed by atoms with Crippen molar-refractivity contribution in [3.8, 4) is 27.9 Å². The van der Waals surface area contributed by atoms with E-state index in [1.807, 2.05) is 0 Å². The highest BCUT2D eigenvalue weighted by Gasteiger charge is 2.13. The predicted octanol–water partition coefficient (Wildman–Crippen LogP) is 9.58. The third-order valence-corrected chi connectivity index (χ3v) is 7.27. The molecule has 0 bridgehead atoms. The highest BCUT2D eigenvalue weighted by Crippen LogP contribution is 2.36. The summed E-state index contributed by atoms with van der Waals surface area (Å²) in [5.41, 5.74) is 9.89. The molecule has 0 aliphatic rings. The van der Waals surface area contributed by atoms with E-state index in [1.54, 1.807) is 0 Å². The molecule has 0 aliphatic heterocycles. The molecule has 0 amide bonds. The SMILES string of the molecule is Cc1ccc(-c2ccc(-c3ccc4c(c3)c3ccccc3n4-c3ccc4ccccc4c3)cc2)cc1. The Morgan fingerprint density at radius 1 is 0.417 bits per heavy atom. The third kappa shape index (κ3) is 3.40. The second-order valence-corrected chi connectivity index (χ2v) is 9.56. The van der Waals surface area contributed by atoms with Crippen molar-refractivity contribution in [2.45, 2.75) is 6.92 Å². The monoisotopic (exact) mass is 459 g/mol. The normalized spacial score (nSPS) is 11.5. The van der Waals surface area contributed by atoms with Gasteiger partial charge in [0.2, 0.25) is 0 Å². The van der Waals surface area contributed by atoms with Gasteiger partial charge in [-0.3, -0.25) is 0 Å². The predicted molar refractivity (Wildman–Crippen MR) is 154 cm³/mol. The van der Waals surface area contributed by atoms with Gasteiger partial charge in [-0.2, -0.15) is 0 Å². The maximum absolute atomic E-state index is 2.39. The van der Waals surface area contributed by atoms with Gasteiger partial charge in [-0.15, -0.1) is 0 Å². The summed E-state index contributed by atoms with van der Waals surface area (Å²) in [5, 5.41) is 5.07. The minimum absolute atomic E-state index is 1.19. The van der Waals surface area contributed by atoms with Crippen LogP contribution < -0.4 is 0 Å². The van der Waals surface area contributed by atoms with Gasteiger partial charge in [0, 0.05) is 16.5 Å². The van der Waals surface area contributed by atoms with Crippen LogP contribution in [0.15, 0.2) is 133 Å². The first-order valence-electron chi connectivity index (χ1n) is 12.4. The number of hydrogen-bond acceptors (Lipinski definition) is 0. The molecule has 0 N–H and O–H groups in total. The first-order chi connectivity index (χ1) is 17.7. The summed E-state index contributed by atoms with van der Waals surface area (Å²) in [6.07, 6.45) is 0. The fourth-order valence-corrected chi connectivity index (χ4v) is 5.35. The molecule has 1 aromatic heterocycles. The van der Waals surface area contributed by atoms with Gasteiger partial charge in [-0.1, -0.05) is 109 Å². The number of nitrogens with zero attached hydrogens (tertiary/aromatic N) is 1. The molecule has 0 unspecified atom stereocenters. The number of benzene rings is 6. The molecule has 0 atom stereocenters. The fourth-order valence-electron chi connectivity index (χ4n) is 5.35. The second-order valence-electron chi connectivity index (χ2n) is 9.56. The molecule has 0 saturated heterocycles. The largest absolute Gasteiger partial charge is 0.309 e. The summed E-state index contributed by atoms with van der Waals surface area (Å²) in [5.74, 6) is 0. The number of rotatable bonds is 3. The molecule has 0 spiro atoms. The highest BCUT2D eigenvalue weighted by molar-refractivity contribution is 6.10. The van der Waals surface area contributed by atoms with Crippen molar-refractivity contribution < 1.29 is 0 Å². The Kier molecular flexibility index (Phi) is 4.75. The van der Waals surface area contributed by atoms with E-state index in [1.165, 1.54) is 66.1 Å². The molecule has 7 aromatic rings. The molecule has 0 saturated carbocycles. The molecule has 1 heteroatoms. The molecule has 170 valence electrons. The lowest BCUT2D eigenvalue weighted by Crippen LogP contribution is -1.93. The molecule has 0 aliphatic carbocycles. The zero-order valence-corrected chi connectivity index (χ0v) is 20.1. The van der Waals surface area contributed by atoms with Crippen LogP contribution in [0.1, 0.15) is 5.56 Å². The van der Waals surface area contributed by atoms with E-state index in [0.717, 1.165) is 0 Å². The first-order valence-corrected chi connectivity index (χ1v) is 12.4. The molecule has 0 radical (unpaired) electrons. The highest BCUT2D eigenvalue weighted by atomic mass is 15.0. The number of para-hydroxylation sites is 1. The van der Waals surface area contributed by atoms with Crippen LogP contribution in [0.4, 0.5) is 0 Å². The van der Waals surface area contributed by atoms with E-state index in [2.05, 4.69) is 145 Å². The molecule has 7 rings (SSSR count). The van der Waals surface area contributed by atoms with Gasteiger partial charge >= 0.3 is 0 Å². The van der Waals surface area contributed by atoms with E-state index < -0.39 is 0 Å². The van der Waals surface area contributed by atoms with Crippen LogP contribution >= 0.6 is 0 Å². The van der Waals surface area contributed by atoms with Crippen LogP contribution in [0.5, 0.6) is 0 Å². The van der Waals surface area contributed by atoms with Gasteiger partial charge in [0.1, 0.15) is 0 Å². The molecule has 0 fully saturated rings. The van der Waals surface area contributed by atoms with Crippen LogP contribution in [-0.4, -0.2) is 4.57 Å². The standard InChI is InChI=1S/C35H25N/c1-24-10-12-26(13-11-24)27-14-16-28(17-15-27)30-19-21-35-33(23-30)32-8-4-5-9-34(32)36(35)31-20-18-25-6-2-3-7-29(25)22-31/h2-23H,1H3. The van der Waals surface area contributed by atoms with Crippen molar-refractivity contribution in [3.63, 3.8) is 0 Å². The molecular formula is C35H25N. The van der Waals surface area contributed by atoms with E-state index in [-0.39, 0.29) is 0 Å². The summed E-state index contributed by atoms with van der Waals surface area (Å²) >= 11 is 0. The second kappa shape index (κ2) is 8.25. The Morgan fingerprint density at radius 3 is 1.78 bits per heavy atom. The Bertz CT molecular complexity index is 1870. The summed E-state index contributed by atoms with van der Waals surface area (Å²) in [7, 11) is 0. The lowest BCUT2D eigenvalue weighted by molar-refractivity contribution is 1.19. The van der Waals surface area contributed by atoms with Crippen LogP contribution in [0.3, 0.4) is 0 Å². The van der Waals surface area contributed by atoms with E-state index in [0.29, 0.717) is 0 Å². The van der Waals surface area contributed by atoms with Gasteiger partial charge in [0.25, 0.3) is 0 Å². The Hall–Kier alpha value is -4.62. The van der Waals surface area contributed by atoms with Crippen molar-refractivity contribution in [1.29, 1.82) is 0 Å². The summed E-state index contributed by atoms with van der Waals surface area (Å²) in [6.45, 7) is 2.12. The van der Waals surface area contributed by atoms with Crippen molar-refractivity contribution in [3.05, 3.63) is 139 Å².